The van der Waals surface area contributed by atoms with E-state index in [1.54, 1.807) is 4.90 Å². The van der Waals surface area contributed by atoms with Crippen molar-refractivity contribution in [1.29, 1.82) is 0 Å². The van der Waals surface area contributed by atoms with E-state index in [-0.39, 0.29) is 30.3 Å². The molecule has 0 aromatic heterocycles. The molecule has 0 aromatic carbocycles. The zero-order valence-electron chi connectivity index (χ0n) is 12.0. The van der Waals surface area contributed by atoms with Crippen molar-refractivity contribution in [2.45, 2.75) is 32.7 Å². The third-order valence-electron chi connectivity index (χ3n) is 3.14. The molecule has 2 unspecified atom stereocenters. The van der Waals surface area contributed by atoms with Gasteiger partial charge in [-0.2, -0.15) is 0 Å². The van der Waals surface area contributed by atoms with E-state index in [1.165, 1.54) is 7.11 Å². The molecule has 2 atom stereocenters. The number of carbonyl (C=O) groups excluding carboxylic acids is 2. The van der Waals surface area contributed by atoms with E-state index in [9.17, 15) is 9.59 Å². The summed E-state index contributed by atoms with van der Waals surface area (Å²) in [5, 5.41) is 0. The predicted molar refractivity (Wildman–Crippen MR) is 73.3 cm³/mol. The van der Waals surface area contributed by atoms with Gasteiger partial charge in [0.15, 0.2) is 0 Å². The molecule has 0 heterocycles. The van der Waals surface area contributed by atoms with Gasteiger partial charge in [-0.15, -0.1) is 0 Å². The standard InChI is InChI=1S/C14H24N2O3/c1-10(2)9-16(7-6-13(17)19-3)14(18)11-4-5-12(15)8-11/h4-5,10-12H,6-9,15H2,1-3H3. The second-order valence-corrected chi connectivity index (χ2v) is 5.40. The normalized spacial score (nSPS) is 21.7. The number of hydrogen-bond donors (Lipinski definition) is 1. The predicted octanol–water partition coefficient (Wildman–Crippen LogP) is 0.937. The molecule has 1 rings (SSSR count). The van der Waals surface area contributed by atoms with E-state index >= 15 is 0 Å². The zero-order chi connectivity index (χ0) is 14.4. The van der Waals surface area contributed by atoms with Crippen molar-refractivity contribution >= 4 is 11.9 Å². The van der Waals surface area contributed by atoms with Crippen LogP contribution in [-0.4, -0.2) is 43.0 Å². The number of amides is 1. The molecule has 0 saturated heterocycles. The topological polar surface area (TPSA) is 72.6 Å². The van der Waals surface area contributed by atoms with Gasteiger partial charge in [0.05, 0.1) is 19.4 Å². The van der Waals surface area contributed by atoms with Crippen LogP contribution in [0.15, 0.2) is 12.2 Å². The van der Waals surface area contributed by atoms with Gasteiger partial charge in [0.25, 0.3) is 0 Å². The van der Waals surface area contributed by atoms with E-state index in [0.717, 1.165) is 0 Å². The minimum absolute atomic E-state index is 0.0320. The Bertz CT molecular complexity index is 353. The summed E-state index contributed by atoms with van der Waals surface area (Å²) in [6, 6.07) is -0.0320. The molecule has 0 aliphatic heterocycles. The molecule has 0 saturated carbocycles. The summed E-state index contributed by atoms with van der Waals surface area (Å²) in [5.74, 6) is -0.0194. The fraction of sp³-hybridized carbons (Fsp3) is 0.714. The van der Waals surface area contributed by atoms with Gasteiger partial charge in [-0.25, -0.2) is 0 Å². The number of nitrogens with two attached hydrogens (primary N) is 1. The van der Waals surface area contributed by atoms with Crippen LogP contribution >= 0.6 is 0 Å². The van der Waals surface area contributed by atoms with E-state index in [0.29, 0.717) is 25.4 Å². The number of methoxy groups -OCH3 is 1. The Kier molecular flexibility index (Phi) is 6.02. The van der Waals surface area contributed by atoms with Crippen LogP contribution < -0.4 is 5.73 Å². The number of ether oxygens (including phenoxy) is 1. The molecule has 0 fully saturated rings. The third-order valence-corrected chi connectivity index (χ3v) is 3.14. The third kappa shape index (κ3) is 5.03. The highest BCUT2D eigenvalue weighted by Crippen LogP contribution is 2.20. The molecule has 5 nitrogen and oxygen atoms in total. The van der Waals surface area contributed by atoms with Crippen molar-refractivity contribution in [2.24, 2.45) is 17.6 Å². The van der Waals surface area contributed by atoms with Crippen molar-refractivity contribution in [2.75, 3.05) is 20.2 Å². The molecule has 0 radical (unpaired) electrons. The van der Waals surface area contributed by atoms with Crippen LogP contribution in [0.2, 0.25) is 0 Å². The Labute approximate surface area is 114 Å². The second kappa shape index (κ2) is 7.28. The van der Waals surface area contributed by atoms with Crippen LogP contribution in [0.25, 0.3) is 0 Å². The number of rotatable bonds is 6. The van der Waals surface area contributed by atoms with Crippen LogP contribution in [-0.2, 0) is 14.3 Å². The largest absolute Gasteiger partial charge is 0.469 e. The smallest absolute Gasteiger partial charge is 0.307 e. The van der Waals surface area contributed by atoms with E-state index < -0.39 is 0 Å². The van der Waals surface area contributed by atoms with E-state index in [1.807, 2.05) is 12.2 Å². The molecule has 2 N–H and O–H groups in total. The summed E-state index contributed by atoms with van der Waals surface area (Å²) >= 11 is 0. The van der Waals surface area contributed by atoms with Gasteiger partial charge in [0.1, 0.15) is 0 Å². The molecular formula is C14H24N2O3. The summed E-state index contributed by atoms with van der Waals surface area (Å²) in [4.78, 5) is 25.3. The maximum Gasteiger partial charge on any atom is 0.307 e. The first kappa shape index (κ1) is 15.7. The van der Waals surface area contributed by atoms with Gasteiger partial charge in [-0.05, 0) is 12.3 Å². The average molecular weight is 268 g/mol. The zero-order valence-corrected chi connectivity index (χ0v) is 12.0. The average Bonchev–Trinajstić information content (AvgIpc) is 2.79. The SMILES string of the molecule is COC(=O)CCN(CC(C)C)C(=O)C1C=CC(N)C1. The van der Waals surface area contributed by atoms with Crippen LogP contribution in [0.5, 0.6) is 0 Å². The Balaban J connectivity index is 2.59. The highest BCUT2D eigenvalue weighted by Gasteiger charge is 2.27. The summed E-state index contributed by atoms with van der Waals surface area (Å²) in [6.07, 6.45) is 4.64. The number of nitrogens with zero attached hydrogens (tertiary/aromatic N) is 1. The van der Waals surface area contributed by atoms with Crippen molar-refractivity contribution in [3.05, 3.63) is 12.2 Å². The minimum Gasteiger partial charge on any atom is -0.469 e. The summed E-state index contributed by atoms with van der Waals surface area (Å²) in [7, 11) is 1.36. The van der Waals surface area contributed by atoms with E-state index in [4.69, 9.17) is 5.73 Å². The van der Waals surface area contributed by atoms with Crippen LogP contribution in [0.4, 0.5) is 0 Å². The lowest BCUT2D eigenvalue weighted by Gasteiger charge is -2.26. The molecule has 0 aromatic rings. The first-order chi connectivity index (χ1) is 8.93. The summed E-state index contributed by atoms with van der Waals surface area (Å²) < 4.78 is 4.62. The fourth-order valence-corrected chi connectivity index (χ4v) is 2.21. The van der Waals surface area contributed by atoms with Crippen LogP contribution in [0.1, 0.15) is 26.7 Å². The van der Waals surface area contributed by atoms with Gasteiger partial charge in [0.2, 0.25) is 5.91 Å². The highest BCUT2D eigenvalue weighted by atomic mass is 16.5. The first-order valence-electron chi connectivity index (χ1n) is 6.73. The van der Waals surface area contributed by atoms with Gasteiger partial charge < -0.3 is 15.4 Å². The molecule has 5 heteroatoms. The van der Waals surface area contributed by atoms with Gasteiger partial charge in [0, 0.05) is 19.1 Å². The van der Waals surface area contributed by atoms with E-state index in [2.05, 4.69) is 18.6 Å². The lowest BCUT2D eigenvalue weighted by Crippen LogP contribution is -2.39. The fourth-order valence-electron chi connectivity index (χ4n) is 2.21. The number of hydrogen-bond acceptors (Lipinski definition) is 4. The van der Waals surface area contributed by atoms with Gasteiger partial charge in [-0.3, -0.25) is 9.59 Å². The van der Waals surface area contributed by atoms with Crippen molar-refractivity contribution in [3.63, 3.8) is 0 Å². The minimum atomic E-state index is -0.291. The lowest BCUT2D eigenvalue weighted by atomic mass is 10.1. The van der Waals surface area contributed by atoms with Gasteiger partial charge in [-0.1, -0.05) is 26.0 Å². The van der Waals surface area contributed by atoms with Crippen LogP contribution in [0, 0.1) is 11.8 Å². The van der Waals surface area contributed by atoms with Crippen molar-refractivity contribution < 1.29 is 14.3 Å². The molecule has 108 valence electrons. The highest BCUT2D eigenvalue weighted by molar-refractivity contribution is 5.81. The maximum absolute atomic E-state index is 12.4. The molecule has 0 bridgehead atoms. The Morgan fingerprint density at radius 3 is 2.58 bits per heavy atom. The molecule has 1 aliphatic carbocycles. The quantitative estimate of drug-likeness (QED) is 0.575. The van der Waals surface area contributed by atoms with Gasteiger partial charge >= 0.3 is 5.97 Å². The molecule has 19 heavy (non-hydrogen) atoms. The molecule has 1 amide bonds. The summed E-state index contributed by atoms with van der Waals surface area (Å²) in [6.45, 7) is 5.15. The maximum atomic E-state index is 12.4. The van der Waals surface area contributed by atoms with Crippen molar-refractivity contribution in [1.82, 2.24) is 4.90 Å². The lowest BCUT2D eigenvalue weighted by molar-refractivity contribution is -0.142. The Hall–Kier alpha value is -1.36. The second-order valence-electron chi connectivity index (χ2n) is 5.40. The number of carbonyl (C=O) groups is 2. The molecule has 0 spiro atoms. The monoisotopic (exact) mass is 268 g/mol. The molecule has 1 aliphatic rings. The Morgan fingerprint density at radius 2 is 2.11 bits per heavy atom. The van der Waals surface area contributed by atoms with Crippen molar-refractivity contribution in [3.8, 4) is 0 Å². The Morgan fingerprint density at radius 1 is 1.42 bits per heavy atom. The summed E-state index contributed by atoms with van der Waals surface area (Å²) in [5.41, 5.74) is 5.78. The van der Waals surface area contributed by atoms with Crippen LogP contribution in [0.3, 0.4) is 0 Å². The molecular weight excluding hydrogens is 244 g/mol. The first-order valence-corrected chi connectivity index (χ1v) is 6.73. The number of esters is 1.